The summed E-state index contributed by atoms with van der Waals surface area (Å²) >= 11 is 0. The number of nitrogens with zero attached hydrogens (tertiary/aromatic N) is 1. The third kappa shape index (κ3) is 2.81. The fourth-order valence-corrected chi connectivity index (χ4v) is 3.95. The van der Waals surface area contributed by atoms with Gasteiger partial charge in [-0.3, -0.25) is 19.3 Å². The van der Waals surface area contributed by atoms with Crippen LogP contribution in [0.3, 0.4) is 0 Å². The minimum absolute atomic E-state index is 0.117. The SMILES string of the molecule is CC1CCCCC1NC(=O)CN1C(=O)C2CC=CCC2C1=O. The van der Waals surface area contributed by atoms with Gasteiger partial charge in [0.05, 0.1) is 11.8 Å². The number of nitrogens with one attached hydrogen (secondary N) is 1. The van der Waals surface area contributed by atoms with Gasteiger partial charge in [-0.25, -0.2) is 0 Å². The summed E-state index contributed by atoms with van der Waals surface area (Å²) in [5.41, 5.74) is 0. The van der Waals surface area contributed by atoms with Gasteiger partial charge in [0, 0.05) is 6.04 Å². The summed E-state index contributed by atoms with van der Waals surface area (Å²) in [6.45, 7) is 2.03. The van der Waals surface area contributed by atoms with E-state index in [4.69, 9.17) is 0 Å². The van der Waals surface area contributed by atoms with Gasteiger partial charge < -0.3 is 5.32 Å². The molecular formula is C17H24N2O3. The van der Waals surface area contributed by atoms with Crippen LogP contribution in [-0.2, 0) is 14.4 Å². The van der Waals surface area contributed by atoms with Crippen molar-refractivity contribution in [3.63, 3.8) is 0 Å². The minimum Gasteiger partial charge on any atom is -0.352 e. The van der Waals surface area contributed by atoms with E-state index in [9.17, 15) is 14.4 Å². The van der Waals surface area contributed by atoms with Gasteiger partial charge in [0.25, 0.3) is 0 Å². The molecule has 22 heavy (non-hydrogen) atoms. The van der Waals surface area contributed by atoms with Crippen LogP contribution in [0.2, 0.25) is 0 Å². The van der Waals surface area contributed by atoms with Crippen molar-refractivity contribution in [1.82, 2.24) is 10.2 Å². The number of carbonyl (C=O) groups is 3. The summed E-state index contributed by atoms with van der Waals surface area (Å²) in [5.74, 6) is -0.586. The number of carbonyl (C=O) groups excluding carboxylic acids is 3. The Kier molecular flexibility index (Phi) is 4.32. The van der Waals surface area contributed by atoms with Crippen LogP contribution >= 0.6 is 0 Å². The molecule has 0 spiro atoms. The maximum Gasteiger partial charge on any atom is 0.240 e. The number of rotatable bonds is 3. The van der Waals surface area contributed by atoms with Crippen molar-refractivity contribution in [2.24, 2.45) is 17.8 Å². The van der Waals surface area contributed by atoms with Gasteiger partial charge in [0.2, 0.25) is 17.7 Å². The zero-order valence-corrected chi connectivity index (χ0v) is 13.1. The van der Waals surface area contributed by atoms with E-state index in [0.717, 1.165) is 19.3 Å². The first-order valence-corrected chi connectivity index (χ1v) is 8.37. The van der Waals surface area contributed by atoms with E-state index in [-0.39, 0.29) is 42.1 Å². The van der Waals surface area contributed by atoms with Crippen LogP contribution in [0.5, 0.6) is 0 Å². The van der Waals surface area contributed by atoms with Crippen LogP contribution < -0.4 is 5.32 Å². The number of allylic oxidation sites excluding steroid dienone is 2. The smallest absolute Gasteiger partial charge is 0.240 e. The molecule has 4 unspecified atom stereocenters. The lowest BCUT2D eigenvalue weighted by molar-refractivity contribution is -0.143. The molecule has 2 aliphatic carbocycles. The fourth-order valence-electron chi connectivity index (χ4n) is 3.95. The summed E-state index contributed by atoms with van der Waals surface area (Å²) in [6, 6.07) is 0.179. The van der Waals surface area contributed by atoms with E-state index in [0.29, 0.717) is 18.8 Å². The van der Waals surface area contributed by atoms with Crippen molar-refractivity contribution in [2.45, 2.75) is 51.5 Å². The molecule has 3 rings (SSSR count). The van der Waals surface area contributed by atoms with Crippen molar-refractivity contribution < 1.29 is 14.4 Å². The molecule has 4 atom stereocenters. The van der Waals surface area contributed by atoms with Crippen LogP contribution in [0.15, 0.2) is 12.2 Å². The van der Waals surface area contributed by atoms with Crippen molar-refractivity contribution >= 4 is 17.7 Å². The standard InChI is InChI=1S/C17H24N2O3/c1-11-6-2-5-9-14(11)18-15(20)10-19-16(21)12-7-3-4-8-13(12)17(19)22/h3-4,11-14H,2,5-10H2,1H3,(H,18,20). The Morgan fingerprint density at radius 1 is 1.14 bits per heavy atom. The van der Waals surface area contributed by atoms with E-state index < -0.39 is 0 Å². The second-order valence-electron chi connectivity index (χ2n) is 6.85. The molecule has 120 valence electrons. The topological polar surface area (TPSA) is 66.5 Å². The van der Waals surface area contributed by atoms with Crippen LogP contribution in [0.25, 0.3) is 0 Å². The molecule has 0 aromatic carbocycles. The second kappa shape index (κ2) is 6.23. The number of amides is 3. The number of likely N-dealkylation sites (tertiary alicyclic amines) is 1. The van der Waals surface area contributed by atoms with Crippen molar-refractivity contribution in [3.8, 4) is 0 Å². The van der Waals surface area contributed by atoms with Gasteiger partial charge in [-0.15, -0.1) is 0 Å². The molecule has 5 heteroatoms. The number of imide groups is 1. The van der Waals surface area contributed by atoms with E-state index in [2.05, 4.69) is 12.2 Å². The van der Waals surface area contributed by atoms with Gasteiger partial charge in [0.1, 0.15) is 6.54 Å². The average molecular weight is 304 g/mol. The highest BCUT2D eigenvalue weighted by Gasteiger charge is 2.47. The average Bonchev–Trinajstić information content (AvgIpc) is 2.75. The molecule has 0 bridgehead atoms. The van der Waals surface area contributed by atoms with Gasteiger partial charge in [0.15, 0.2) is 0 Å². The summed E-state index contributed by atoms with van der Waals surface area (Å²) in [7, 11) is 0. The van der Waals surface area contributed by atoms with Crippen LogP contribution in [0.1, 0.15) is 45.4 Å². The normalized spacial score (nSPS) is 34.7. The molecule has 1 heterocycles. The second-order valence-corrected chi connectivity index (χ2v) is 6.85. The summed E-state index contributed by atoms with van der Waals surface area (Å²) in [6.07, 6.45) is 9.62. The van der Waals surface area contributed by atoms with Gasteiger partial charge in [-0.05, 0) is 31.6 Å². The molecule has 5 nitrogen and oxygen atoms in total. The third-order valence-electron chi connectivity index (χ3n) is 5.36. The summed E-state index contributed by atoms with van der Waals surface area (Å²) < 4.78 is 0. The summed E-state index contributed by atoms with van der Waals surface area (Å²) in [5, 5.41) is 3.02. The maximum absolute atomic E-state index is 12.3. The minimum atomic E-state index is -0.251. The van der Waals surface area contributed by atoms with Crippen LogP contribution in [0, 0.1) is 17.8 Å². The van der Waals surface area contributed by atoms with E-state index in [1.807, 2.05) is 12.2 Å². The molecule has 1 saturated carbocycles. The number of hydrogen-bond donors (Lipinski definition) is 1. The molecule has 0 aromatic heterocycles. The molecule has 1 aliphatic heterocycles. The Labute approximate surface area is 131 Å². The summed E-state index contributed by atoms with van der Waals surface area (Å²) in [4.78, 5) is 38.1. The molecule has 3 amide bonds. The Bertz CT molecular complexity index is 488. The Hall–Kier alpha value is -1.65. The highest BCUT2D eigenvalue weighted by molar-refractivity contribution is 6.07. The zero-order valence-electron chi connectivity index (χ0n) is 13.1. The van der Waals surface area contributed by atoms with Crippen molar-refractivity contribution in [3.05, 3.63) is 12.2 Å². The maximum atomic E-state index is 12.3. The first-order valence-electron chi connectivity index (χ1n) is 8.37. The Morgan fingerprint density at radius 2 is 1.73 bits per heavy atom. The lowest BCUT2D eigenvalue weighted by atomic mass is 9.85. The lowest BCUT2D eigenvalue weighted by Gasteiger charge is -2.30. The van der Waals surface area contributed by atoms with E-state index in [1.165, 1.54) is 11.3 Å². The van der Waals surface area contributed by atoms with Crippen LogP contribution in [-0.4, -0.2) is 35.2 Å². The van der Waals surface area contributed by atoms with Gasteiger partial charge in [-0.2, -0.15) is 0 Å². The number of fused-ring (bicyclic) bond motifs is 1. The van der Waals surface area contributed by atoms with E-state index in [1.54, 1.807) is 0 Å². The predicted octanol–water partition coefficient (Wildman–Crippen LogP) is 1.63. The monoisotopic (exact) mass is 304 g/mol. The van der Waals surface area contributed by atoms with Crippen molar-refractivity contribution in [2.75, 3.05) is 6.54 Å². The lowest BCUT2D eigenvalue weighted by Crippen LogP contribution is -2.47. The van der Waals surface area contributed by atoms with Crippen molar-refractivity contribution in [1.29, 1.82) is 0 Å². The molecular weight excluding hydrogens is 280 g/mol. The quantitative estimate of drug-likeness (QED) is 0.636. The third-order valence-corrected chi connectivity index (χ3v) is 5.36. The molecule has 0 radical (unpaired) electrons. The van der Waals surface area contributed by atoms with E-state index >= 15 is 0 Å². The first-order chi connectivity index (χ1) is 10.6. The van der Waals surface area contributed by atoms with Gasteiger partial charge in [-0.1, -0.05) is 31.9 Å². The molecule has 2 fully saturated rings. The van der Waals surface area contributed by atoms with Crippen LogP contribution in [0.4, 0.5) is 0 Å². The highest BCUT2D eigenvalue weighted by Crippen LogP contribution is 2.34. The first kappa shape index (κ1) is 15.3. The number of hydrogen-bond acceptors (Lipinski definition) is 3. The Morgan fingerprint density at radius 3 is 2.32 bits per heavy atom. The molecule has 3 aliphatic rings. The molecule has 0 aromatic rings. The Balaban J connectivity index is 1.59. The van der Waals surface area contributed by atoms with Gasteiger partial charge >= 0.3 is 0 Å². The predicted molar refractivity (Wildman–Crippen MR) is 81.6 cm³/mol. The zero-order chi connectivity index (χ0) is 15.7. The molecule has 1 N–H and O–H groups in total. The molecule has 1 saturated heterocycles. The highest BCUT2D eigenvalue weighted by atomic mass is 16.2. The largest absolute Gasteiger partial charge is 0.352 e. The fraction of sp³-hybridized carbons (Fsp3) is 0.706.